The Morgan fingerprint density at radius 1 is 1.09 bits per heavy atom. The number of carbonyl (C=O) groups excluding carboxylic acids is 3. The molecule has 1 amide bonds. The van der Waals surface area contributed by atoms with Gasteiger partial charge in [0, 0.05) is 18.7 Å². The summed E-state index contributed by atoms with van der Waals surface area (Å²) in [6.45, 7) is 4.75. The van der Waals surface area contributed by atoms with Crippen LogP contribution in [-0.4, -0.2) is 73.5 Å². The van der Waals surface area contributed by atoms with Crippen LogP contribution in [0.5, 0.6) is 5.75 Å². The number of ketones is 1. The van der Waals surface area contributed by atoms with Crippen molar-refractivity contribution in [1.29, 1.82) is 0 Å². The number of likely N-dealkylation sites (tertiary alicyclic amines) is 1. The number of aliphatic hydroxyl groups excluding tert-OH is 1. The fourth-order valence-corrected chi connectivity index (χ4v) is 3.70. The van der Waals surface area contributed by atoms with Gasteiger partial charge < -0.3 is 24.4 Å². The minimum absolute atomic E-state index is 0.00525. The molecule has 0 aliphatic carbocycles. The average molecular weight is 465 g/mol. The molecule has 0 radical (unpaired) electrons. The zero-order valence-electron chi connectivity index (χ0n) is 19.5. The molecule has 1 heterocycles. The topological polar surface area (TPSA) is 96.4 Å². The highest BCUT2D eigenvalue weighted by Gasteiger charge is 2.45. The van der Waals surface area contributed by atoms with Gasteiger partial charge >= 0.3 is 5.97 Å². The Labute approximate surface area is 198 Å². The van der Waals surface area contributed by atoms with Gasteiger partial charge in [-0.05, 0) is 56.1 Å². The van der Waals surface area contributed by atoms with E-state index in [9.17, 15) is 19.5 Å². The van der Waals surface area contributed by atoms with E-state index in [1.807, 2.05) is 19.0 Å². The van der Waals surface area contributed by atoms with Crippen molar-refractivity contribution < 1.29 is 29.0 Å². The molecule has 34 heavy (non-hydrogen) atoms. The molecule has 0 spiro atoms. The third kappa shape index (κ3) is 5.18. The van der Waals surface area contributed by atoms with Crippen LogP contribution in [0.15, 0.2) is 66.8 Å². The lowest BCUT2D eigenvalue weighted by atomic mass is 9.94. The first-order valence-corrected chi connectivity index (χ1v) is 10.7. The van der Waals surface area contributed by atoms with Crippen molar-refractivity contribution in [2.24, 2.45) is 0 Å². The van der Waals surface area contributed by atoms with Gasteiger partial charge in [-0.15, -0.1) is 0 Å². The predicted molar refractivity (Wildman–Crippen MR) is 127 cm³/mol. The summed E-state index contributed by atoms with van der Waals surface area (Å²) in [6, 6.07) is 12.2. The Hall–Kier alpha value is -3.91. The summed E-state index contributed by atoms with van der Waals surface area (Å²) in [5.74, 6) is -1.63. The number of nitrogens with zero attached hydrogens (tertiary/aromatic N) is 2. The van der Waals surface area contributed by atoms with E-state index in [-0.39, 0.29) is 17.9 Å². The Morgan fingerprint density at radius 3 is 2.26 bits per heavy atom. The van der Waals surface area contributed by atoms with Crippen LogP contribution in [0.25, 0.3) is 5.76 Å². The Kier molecular flexibility index (Phi) is 7.86. The fourth-order valence-electron chi connectivity index (χ4n) is 3.70. The standard InChI is InChI=1S/C26H28N2O6/c1-5-16-34-20-12-10-18(11-13-20)23(29)21-22(17-6-8-19(9-7-17)26(32)33-4)28(15-14-27(2)3)25(31)24(21)30/h5-13,22,29H,1,14-16H2,2-4H3/b23-21+. The first-order valence-electron chi connectivity index (χ1n) is 10.7. The van der Waals surface area contributed by atoms with Crippen LogP contribution in [0.4, 0.5) is 0 Å². The molecule has 8 heteroatoms. The number of likely N-dealkylation sites (N-methyl/N-ethyl adjacent to an activating group) is 1. The summed E-state index contributed by atoms with van der Waals surface area (Å²) in [7, 11) is 5.03. The van der Waals surface area contributed by atoms with Crippen LogP contribution in [0.3, 0.4) is 0 Å². The van der Waals surface area contributed by atoms with Crippen molar-refractivity contribution in [1.82, 2.24) is 9.80 Å². The highest BCUT2D eigenvalue weighted by atomic mass is 16.5. The van der Waals surface area contributed by atoms with Crippen molar-refractivity contribution in [2.45, 2.75) is 6.04 Å². The van der Waals surface area contributed by atoms with Crippen molar-refractivity contribution in [3.8, 4) is 5.75 Å². The van der Waals surface area contributed by atoms with E-state index in [2.05, 4.69) is 6.58 Å². The number of methoxy groups -OCH3 is 1. The zero-order chi connectivity index (χ0) is 24.8. The summed E-state index contributed by atoms with van der Waals surface area (Å²) in [6.07, 6.45) is 1.62. The second-order valence-electron chi connectivity index (χ2n) is 8.03. The summed E-state index contributed by atoms with van der Waals surface area (Å²) in [4.78, 5) is 41.2. The number of carbonyl (C=O) groups is 3. The number of ether oxygens (including phenoxy) is 2. The maximum atomic E-state index is 13.1. The van der Waals surface area contributed by atoms with Crippen LogP contribution in [0, 0.1) is 0 Å². The normalized spacial score (nSPS) is 17.2. The van der Waals surface area contributed by atoms with Gasteiger partial charge in [-0.25, -0.2) is 4.79 Å². The van der Waals surface area contributed by atoms with Crippen LogP contribution in [0.1, 0.15) is 27.5 Å². The number of aliphatic hydroxyl groups is 1. The smallest absolute Gasteiger partial charge is 0.337 e. The Balaban J connectivity index is 2.06. The predicted octanol–water partition coefficient (Wildman–Crippen LogP) is 3.02. The summed E-state index contributed by atoms with van der Waals surface area (Å²) < 4.78 is 10.2. The lowest BCUT2D eigenvalue weighted by Gasteiger charge is -2.26. The molecule has 1 saturated heterocycles. The second-order valence-corrected chi connectivity index (χ2v) is 8.03. The number of amides is 1. The van der Waals surface area contributed by atoms with E-state index in [0.29, 0.717) is 35.6 Å². The lowest BCUT2D eigenvalue weighted by Crippen LogP contribution is -2.35. The van der Waals surface area contributed by atoms with E-state index < -0.39 is 23.7 Å². The molecule has 1 N–H and O–H groups in total. The maximum Gasteiger partial charge on any atom is 0.337 e. The van der Waals surface area contributed by atoms with Crippen LogP contribution >= 0.6 is 0 Å². The number of hydrogen-bond acceptors (Lipinski definition) is 7. The molecule has 2 aromatic carbocycles. The zero-order valence-corrected chi connectivity index (χ0v) is 19.5. The molecular weight excluding hydrogens is 436 g/mol. The fraction of sp³-hybridized carbons (Fsp3) is 0.269. The Morgan fingerprint density at radius 2 is 1.71 bits per heavy atom. The number of Topliss-reactive ketones (excluding diaryl/α,β-unsaturated/α-hetero) is 1. The largest absolute Gasteiger partial charge is 0.507 e. The number of benzene rings is 2. The van der Waals surface area contributed by atoms with Gasteiger partial charge in [-0.3, -0.25) is 9.59 Å². The average Bonchev–Trinajstić information content (AvgIpc) is 3.10. The van der Waals surface area contributed by atoms with Gasteiger partial charge in [0.1, 0.15) is 18.1 Å². The van der Waals surface area contributed by atoms with Crippen molar-refractivity contribution >= 4 is 23.4 Å². The number of rotatable bonds is 9. The Bertz CT molecular complexity index is 1100. The molecule has 178 valence electrons. The first-order chi connectivity index (χ1) is 16.3. The van der Waals surface area contributed by atoms with Gasteiger partial charge in [-0.2, -0.15) is 0 Å². The van der Waals surface area contributed by atoms with Gasteiger partial charge in [0.2, 0.25) is 0 Å². The van der Waals surface area contributed by atoms with Crippen molar-refractivity contribution in [3.63, 3.8) is 0 Å². The molecule has 3 rings (SSSR count). The van der Waals surface area contributed by atoms with Gasteiger partial charge in [0.25, 0.3) is 11.7 Å². The number of esters is 1. The van der Waals surface area contributed by atoms with E-state index in [1.165, 1.54) is 12.0 Å². The van der Waals surface area contributed by atoms with Crippen molar-refractivity contribution in [3.05, 3.63) is 83.4 Å². The molecule has 0 aromatic heterocycles. The van der Waals surface area contributed by atoms with Gasteiger partial charge in [0.15, 0.2) is 0 Å². The molecule has 0 bridgehead atoms. The SMILES string of the molecule is C=CCOc1ccc(/C(O)=C2\C(=O)C(=O)N(CCN(C)C)C2c2ccc(C(=O)OC)cc2)cc1. The van der Waals surface area contributed by atoms with Crippen LogP contribution < -0.4 is 4.74 Å². The van der Waals surface area contributed by atoms with Crippen molar-refractivity contribution in [2.75, 3.05) is 40.9 Å². The molecule has 1 aliphatic heterocycles. The maximum absolute atomic E-state index is 13.1. The molecule has 8 nitrogen and oxygen atoms in total. The minimum Gasteiger partial charge on any atom is -0.507 e. The van der Waals surface area contributed by atoms with Crippen LogP contribution in [0.2, 0.25) is 0 Å². The van der Waals surface area contributed by atoms with E-state index in [4.69, 9.17) is 9.47 Å². The monoisotopic (exact) mass is 464 g/mol. The molecule has 0 saturated carbocycles. The number of hydrogen-bond donors (Lipinski definition) is 1. The summed E-state index contributed by atoms with van der Waals surface area (Å²) >= 11 is 0. The van der Waals surface area contributed by atoms with Gasteiger partial charge in [0.05, 0.1) is 24.3 Å². The minimum atomic E-state index is -0.802. The third-order valence-corrected chi connectivity index (χ3v) is 5.47. The highest BCUT2D eigenvalue weighted by Crippen LogP contribution is 2.39. The lowest BCUT2D eigenvalue weighted by molar-refractivity contribution is -0.140. The molecule has 1 atom stereocenters. The first kappa shape index (κ1) is 24.7. The highest BCUT2D eigenvalue weighted by molar-refractivity contribution is 6.46. The van der Waals surface area contributed by atoms with Gasteiger partial charge in [-0.1, -0.05) is 24.8 Å². The van der Waals surface area contributed by atoms with E-state index >= 15 is 0 Å². The van der Waals surface area contributed by atoms with E-state index in [0.717, 1.165) is 0 Å². The molecule has 1 unspecified atom stereocenters. The molecular formula is C26H28N2O6. The molecule has 1 fully saturated rings. The quantitative estimate of drug-likeness (QED) is 0.200. The summed E-state index contributed by atoms with van der Waals surface area (Å²) in [5, 5.41) is 11.1. The molecule has 2 aromatic rings. The van der Waals surface area contributed by atoms with Crippen LogP contribution in [-0.2, 0) is 14.3 Å². The molecule has 1 aliphatic rings. The third-order valence-electron chi connectivity index (χ3n) is 5.47. The summed E-state index contributed by atoms with van der Waals surface area (Å²) in [5.41, 5.74) is 1.31. The second kappa shape index (κ2) is 10.8. The van der Waals surface area contributed by atoms with E-state index in [1.54, 1.807) is 54.6 Å².